The van der Waals surface area contributed by atoms with E-state index in [2.05, 4.69) is 6.07 Å². The van der Waals surface area contributed by atoms with Crippen molar-refractivity contribution in [2.45, 2.75) is 12.1 Å². The summed E-state index contributed by atoms with van der Waals surface area (Å²) in [6, 6.07) is 14.4. The van der Waals surface area contributed by atoms with Crippen molar-refractivity contribution in [3.8, 4) is 6.07 Å². The van der Waals surface area contributed by atoms with Gasteiger partial charge in [0, 0.05) is 5.56 Å². The number of carbonyl (C=O) groups excluding carboxylic acids is 2. The zero-order chi connectivity index (χ0) is 18.7. The van der Waals surface area contributed by atoms with Crippen LogP contribution < -0.4 is 9.80 Å². The summed E-state index contributed by atoms with van der Waals surface area (Å²) in [6.07, 6.45) is 3.83. The summed E-state index contributed by atoms with van der Waals surface area (Å²) >= 11 is 0. The van der Waals surface area contributed by atoms with Crippen molar-refractivity contribution in [2.24, 2.45) is 11.8 Å². The summed E-state index contributed by atoms with van der Waals surface area (Å²) in [6.45, 7) is 0. The monoisotopic (exact) mass is 360 g/mol. The van der Waals surface area contributed by atoms with Crippen molar-refractivity contribution in [3.05, 3.63) is 71.7 Å². The summed E-state index contributed by atoms with van der Waals surface area (Å²) in [5.41, 5.74) is 2.33. The molecule has 2 fully saturated rings. The van der Waals surface area contributed by atoms with Crippen LogP contribution in [0.1, 0.15) is 17.2 Å². The summed E-state index contributed by atoms with van der Waals surface area (Å²) in [7, 11) is 0. The number of fused-ring (bicyclic) bond motifs is 5. The predicted octanol–water partition coefficient (Wildman–Crippen LogP) is 1.45. The molecule has 2 aromatic rings. The van der Waals surface area contributed by atoms with Crippen LogP contribution in [0.2, 0.25) is 0 Å². The number of nitriles is 1. The van der Waals surface area contributed by atoms with E-state index >= 15 is 0 Å². The number of carbonyl (C=O) groups is 2. The van der Waals surface area contributed by atoms with E-state index in [1.165, 1.54) is 24.3 Å². The Morgan fingerprint density at radius 1 is 1.00 bits per heavy atom. The van der Waals surface area contributed by atoms with E-state index in [-0.39, 0.29) is 17.9 Å². The van der Waals surface area contributed by atoms with Crippen molar-refractivity contribution in [1.29, 1.82) is 5.26 Å². The molecule has 0 aromatic heterocycles. The molecule has 0 saturated carbocycles. The van der Waals surface area contributed by atoms with E-state index in [1.54, 1.807) is 0 Å². The smallest absolute Gasteiger partial charge is 0.245 e. The Morgan fingerprint density at radius 3 is 2.44 bits per heavy atom. The first kappa shape index (κ1) is 15.9. The van der Waals surface area contributed by atoms with Gasteiger partial charge in [0.1, 0.15) is 29.8 Å². The van der Waals surface area contributed by atoms with Crippen LogP contribution in [-0.4, -0.2) is 17.9 Å². The van der Waals surface area contributed by atoms with Crippen LogP contribution in [0.15, 0.2) is 54.7 Å². The Hall–Kier alpha value is -3.30. The minimum absolute atomic E-state index is 0.275. The second kappa shape index (κ2) is 5.60. The standard InChI is InChI=1S/C21H14FN3O2/c22-13-5-7-14(8-6-13)25-20(26)17-16(11-23)24-10-9-12-3-1-2-4-15(12)19(24)18(17)21(25)27/h1-10,16-19H/p+1/t16-,17-,18-,19-/m0/s1. The predicted molar refractivity (Wildman–Crippen MR) is 94.5 cm³/mol. The molecule has 2 saturated heterocycles. The quantitative estimate of drug-likeness (QED) is 0.783. The number of quaternary nitrogens is 1. The van der Waals surface area contributed by atoms with Crippen LogP contribution in [0, 0.1) is 29.0 Å². The maximum Gasteiger partial charge on any atom is 0.245 e. The van der Waals surface area contributed by atoms with E-state index < -0.39 is 23.7 Å². The first-order valence-corrected chi connectivity index (χ1v) is 8.78. The molecule has 1 unspecified atom stereocenters. The second-order valence-corrected chi connectivity index (χ2v) is 7.09. The zero-order valence-electron chi connectivity index (χ0n) is 14.2. The molecule has 3 heterocycles. The lowest BCUT2D eigenvalue weighted by molar-refractivity contribution is -0.885. The van der Waals surface area contributed by atoms with Crippen LogP contribution >= 0.6 is 0 Å². The summed E-state index contributed by atoms with van der Waals surface area (Å²) < 4.78 is 13.3. The molecule has 2 amide bonds. The lowest BCUT2D eigenvalue weighted by Crippen LogP contribution is -3.10. The fourth-order valence-corrected chi connectivity index (χ4v) is 4.73. The number of rotatable bonds is 1. The first-order chi connectivity index (χ1) is 13.1. The Kier molecular flexibility index (Phi) is 3.30. The van der Waals surface area contributed by atoms with Crippen LogP contribution in [-0.2, 0) is 9.59 Å². The van der Waals surface area contributed by atoms with Crippen molar-refractivity contribution >= 4 is 23.6 Å². The molecule has 0 radical (unpaired) electrons. The molecule has 0 spiro atoms. The molecule has 5 nitrogen and oxygen atoms in total. The Bertz CT molecular complexity index is 1040. The lowest BCUT2D eigenvalue weighted by Gasteiger charge is -2.28. The Labute approximate surface area is 154 Å². The van der Waals surface area contributed by atoms with Gasteiger partial charge >= 0.3 is 0 Å². The maximum absolute atomic E-state index is 13.3. The van der Waals surface area contributed by atoms with E-state index in [1.807, 2.05) is 36.5 Å². The van der Waals surface area contributed by atoms with E-state index in [0.717, 1.165) is 20.9 Å². The number of benzene rings is 2. The van der Waals surface area contributed by atoms with Gasteiger partial charge in [0.15, 0.2) is 6.04 Å². The molecule has 5 rings (SSSR count). The number of anilines is 1. The summed E-state index contributed by atoms with van der Waals surface area (Å²) in [4.78, 5) is 28.4. The Morgan fingerprint density at radius 2 is 1.70 bits per heavy atom. The number of hydrogen-bond acceptors (Lipinski definition) is 3. The molecule has 3 aliphatic heterocycles. The topological polar surface area (TPSA) is 65.6 Å². The van der Waals surface area contributed by atoms with Crippen LogP contribution in [0.25, 0.3) is 6.08 Å². The van der Waals surface area contributed by atoms with Gasteiger partial charge in [-0.05, 0) is 35.9 Å². The normalized spacial score (nSPS) is 30.7. The highest BCUT2D eigenvalue weighted by molar-refractivity contribution is 6.22. The summed E-state index contributed by atoms with van der Waals surface area (Å²) in [5, 5.41) is 9.76. The van der Waals surface area contributed by atoms with E-state index in [4.69, 9.17) is 0 Å². The molecule has 6 heteroatoms. The molecule has 0 bridgehead atoms. The fraction of sp³-hybridized carbons (Fsp3) is 0.190. The van der Waals surface area contributed by atoms with Crippen molar-refractivity contribution in [2.75, 3.05) is 4.90 Å². The minimum atomic E-state index is -0.705. The van der Waals surface area contributed by atoms with Gasteiger partial charge in [-0.25, -0.2) is 9.29 Å². The van der Waals surface area contributed by atoms with Crippen molar-refractivity contribution in [3.63, 3.8) is 0 Å². The van der Waals surface area contributed by atoms with Gasteiger partial charge in [-0.3, -0.25) is 14.5 Å². The third kappa shape index (κ3) is 2.06. The van der Waals surface area contributed by atoms with Crippen LogP contribution in [0.4, 0.5) is 10.1 Å². The Balaban J connectivity index is 1.63. The molecule has 2 aromatic carbocycles. The fourth-order valence-electron chi connectivity index (χ4n) is 4.73. The van der Waals surface area contributed by atoms with E-state index in [0.29, 0.717) is 5.69 Å². The van der Waals surface area contributed by atoms with Crippen molar-refractivity contribution in [1.82, 2.24) is 0 Å². The average Bonchev–Trinajstić information content (AvgIpc) is 3.15. The van der Waals surface area contributed by atoms with Gasteiger partial charge in [0.25, 0.3) is 0 Å². The molecular weight excluding hydrogens is 345 g/mol. The van der Waals surface area contributed by atoms with Gasteiger partial charge < -0.3 is 0 Å². The van der Waals surface area contributed by atoms with Crippen molar-refractivity contribution < 1.29 is 18.9 Å². The van der Waals surface area contributed by atoms with Crippen LogP contribution in [0.5, 0.6) is 0 Å². The molecule has 0 aliphatic carbocycles. The highest BCUT2D eigenvalue weighted by Crippen LogP contribution is 2.44. The van der Waals surface area contributed by atoms with Gasteiger partial charge in [-0.2, -0.15) is 5.26 Å². The minimum Gasteiger partial charge on any atom is -0.287 e. The van der Waals surface area contributed by atoms with Gasteiger partial charge in [-0.15, -0.1) is 0 Å². The molecular formula is C21H15FN3O2+. The highest BCUT2D eigenvalue weighted by Gasteiger charge is 2.66. The first-order valence-electron chi connectivity index (χ1n) is 8.78. The van der Waals surface area contributed by atoms with Gasteiger partial charge in [0.2, 0.25) is 11.8 Å². The highest BCUT2D eigenvalue weighted by atomic mass is 19.1. The SMILES string of the molecule is N#C[C@H]1[C@@H]2C(=O)N(c3ccc(F)cc3)C(=O)[C@@H]2[C@@H]2c3ccccc3C=C[NH+]12. The number of halogens is 1. The molecule has 5 atom stereocenters. The summed E-state index contributed by atoms with van der Waals surface area (Å²) in [5.74, 6) is -2.44. The largest absolute Gasteiger partial charge is 0.287 e. The third-order valence-electron chi connectivity index (χ3n) is 5.84. The average molecular weight is 360 g/mol. The third-order valence-corrected chi connectivity index (χ3v) is 5.84. The van der Waals surface area contributed by atoms with Gasteiger partial charge in [-0.1, -0.05) is 24.3 Å². The van der Waals surface area contributed by atoms with Crippen LogP contribution in [0.3, 0.4) is 0 Å². The maximum atomic E-state index is 13.3. The molecule has 132 valence electrons. The lowest BCUT2D eigenvalue weighted by atomic mass is 9.85. The molecule has 3 aliphatic rings. The zero-order valence-corrected chi connectivity index (χ0v) is 14.2. The number of nitrogens with one attached hydrogen (secondary N) is 1. The van der Waals surface area contributed by atoms with E-state index in [9.17, 15) is 19.2 Å². The molecule has 1 N–H and O–H groups in total. The number of amides is 2. The van der Waals surface area contributed by atoms with Gasteiger partial charge in [0.05, 0.1) is 11.9 Å². The number of imide groups is 1. The number of hydrogen-bond donors (Lipinski definition) is 1. The number of nitrogens with zero attached hydrogens (tertiary/aromatic N) is 2. The molecule has 27 heavy (non-hydrogen) atoms. The second-order valence-electron chi connectivity index (χ2n) is 7.09.